The third kappa shape index (κ3) is 15.3. The molecule has 37 heavy (non-hydrogen) atoms. The minimum absolute atomic E-state index is 0.131. The van der Waals surface area contributed by atoms with E-state index in [4.69, 9.17) is 16.6 Å². The van der Waals surface area contributed by atoms with E-state index in [1.807, 2.05) is 74.5 Å². The summed E-state index contributed by atoms with van der Waals surface area (Å²) in [4.78, 5) is 12.2. The number of nitrogens with one attached hydrogen (secondary N) is 4. The van der Waals surface area contributed by atoms with E-state index in [1.54, 1.807) is 11.1 Å². The van der Waals surface area contributed by atoms with Gasteiger partial charge in [0.15, 0.2) is 0 Å². The molecule has 2 aromatic carbocycles. The Morgan fingerprint density at radius 1 is 0.973 bits per heavy atom. The molecular weight excluding hydrogens is 460 g/mol. The molecule has 1 amide bonds. The summed E-state index contributed by atoms with van der Waals surface area (Å²) in [5, 5.41) is 22.4. The highest BCUT2D eigenvalue weighted by atomic mass is 16.1. The smallest absolute Gasteiger partial charge is 0.207 e. The Morgan fingerprint density at radius 2 is 1.49 bits per heavy atom. The molecule has 0 bridgehead atoms. The van der Waals surface area contributed by atoms with Gasteiger partial charge in [0.2, 0.25) is 6.41 Å². The first-order chi connectivity index (χ1) is 17.9. The van der Waals surface area contributed by atoms with Gasteiger partial charge in [-0.1, -0.05) is 73.2 Å². The first-order valence-corrected chi connectivity index (χ1v) is 13.1. The van der Waals surface area contributed by atoms with Gasteiger partial charge in [-0.3, -0.25) is 15.6 Å². The van der Waals surface area contributed by atoms with Crippen LogP contribution in [-0.2, 0) is 17.6 Å². The summed E-state index contributed by atoms with van der Waals surface area (Å²) < 4.78 is 0. The zero-order chi connectivity index (χ0) is 27.3. The summed E-state index contributed by atoms with van der Waals surface area (Å²) in [6.07, 6.45) is 6.98. The molecule has 1 saturated heterocycles. The van der Waals surface area contributed by atoms with Gasteiger partial charge in [-0.2, -0.15) is 0 Å². The molecule has 0 aliphatic carbocycles. The molecule has 0 unspecified atom stereocenters. The van der Waals surface area contributed by atoms with Crippen molar-refractivity contribution in [3.63, 3.8) is 0 Å². The molecular formula is C30H46N6O. The van der Waals surface area contributed by atoms with Gasteiger partial charge in [-0.25, -0.2) is 0 Å². The molecule has 0 atom stereocenters. The van der Waals surface area contributed by atoms with E-state index < -0.39 is 0 Å². The number of nitrogens with zero attached hydrogens (tertiary/aromatic N) is 1. The summed E-state index contributed by atoms with van der Waals surface area (Å²) in [7, 11) is 0. The van der Waals surface area contributed by atoms with Gasteiger partial charge in [-0.05, 0) is 75.9 Å². The Hall–Kier alpha value is -3.45. The zero-order valence-electron chi connectivity index (χ0n) is 22.8. The topological polar surface area (TPSA) is 118 Å². The van der Waals surface area contributed by atoms with Crippen molar-refractivity contribution in [2.45, 2.75) is 52.9 Å². The summed E-state index contributed by atoms with van der Waals surface area (Å²) in [6, 6.07) is 20.1. The van der Waals surface area contributed by atoms with Crippen molar-refractivity contribution < 1.29 is 4.79 Å². The van der Waals surface area contributed by atoms with Crippen molar-refractivity contribution in [1.29, 1.82) is 10.8 Å². The van der Waals surface area contributed by atoms with Crippen LogP contribution in [0.3, 0.4) is 0 Å². The lowest BCUT2D eigenvalue weighted by molar-refractivity contribution is -0.109. The summed E-state index contributed by atoms with van der Waals surface area (Å²) >= 11 is 0. The lowest BCUT2D eigenvalue weighted by Crippen LogP contribution is -2.42. The molecule has 7 nitrogen and oxygen atoms in total. The molecule has 2 aromatic rings. The van der Waals surface area contributed by atoms with Crippen LogP contribution in [0.5, 0.6) is 0 Å². The lowest BCUT2D eigenvalue weighted by Gasteiger charge is -2.26. The van der Waals surface area contributed by atoms with Crippen molar-refractivity contribution in [1.82, 2.24) is 15.5 Å². The number of benzene rings is 2. The molecule has 1 heterocycles. The van der Waals surface area contributed by atoms with Crippen molar-refractivity contribution in [3.05, 3.63) is 83.6 Å². The minimum atomic E-state index is 0.131. The Bertz CT molecular complexity index is 920. The highest BCUT2D eigenvalue weighted by Gasteiger charge is 2.15. The quantitative estimate of drug-likeness (QED) is 0.192. The van der Waals surface area contributed by atoms with Crippen LogP contribution in [0.4, 0.5) is 0 Å². The van der Waals surface area contributed by atoms with Crippen LogP contribution in [0.2, 0.25) is 0 Å². The van der Waals surface area contributed by atoms with Crippen molar-refractivity contribution >= 4 is 18.1 Å². The summed E-state index contributed by atoms with van der Waals surface area (Å²) in [5.74, 6) is 1.61. The maximum absolute atomic E-state index is 10.5. The van der Waals surface area contributed by atoms with Crippen molar-refractivity contribution in [3.8, 4) is 0 Å². The molecule has 1 aliphatic rings. The molecule has 3 rings (SSSR count). The monoisotopic (exact) mass is 506 g/mol. The highest BCUT2D eigenvalue weighted by molar-refractivity contribution is 5.99. The van der Waals surface area contributed by atoms with Crippen LogP contribution >= 0.6 is 0 Å². The molecule has 0 radical (unpaired) electrons. The molecule has 7 heteroatoms. The predicted octanol–water partition coefficient (Wildman–Crippen LogP) is 4.74. The van der Waals surface area contributed by atoms with Gasteiger partial charge in [0.1, 0.15) is 11.7 Å². The van der Waals surface area contributed by atoms with E-state index in [0.29, 0.717) is 25.2 Å². The number of carbonyl (C=O) groups is 1. The van der Waals surface area contributed by atoms with E-state index in [-0.39, 0.29) is 12.4 Å². The Labute approximate surface area is 223 Å². The third-order valence-electron chi connectivity index (χ3n) is 5.93. The Morgan fingerprint density at radius 3 is 1.92 bits per heavy atom. The minimum Gasteiger partial charge on any atom is -0.405 e. The summed E-state index contributed by atoms with van der Waals surface area (Å²) in [6.45, 7) is 9.40. The number of carbonyl (C=O) groups excluding carboxylic acids is 1. The fourth-order valence-corrected chi connectivity index (χ4v) is 3.56. The number of nitrogens with two attached hydrogens (primary N) is 1. The first-order valence-electron chi connectivity index (χ1n) is 13.1. The second kappa shape index (κ2) is 19.7. The van der Waals surface area contributed by atoms with Crippen molar-refractivity contribution in [2.24, 2.45) is 11.7 Å². The maximum atomic E-state index is 10.5. The van der Waals surface area contributed by atoms with Crippen LogP contribution in [-0.4, -0.2) is 49.2 Å². The standard InChI is InChI=1S/C20H24N4O.C6H13N.C4H9N/c21-19(12-11-17-7-3-1-4-8-17)24(20(22)15-23-16-25)14-13-18-9-5-2-6-10-18;1-6-2-4-7-5-3-6;1-4(2)3-5/h1-10,16,21-22H,11-15H2,(H,23,25);6-7H,2-5H2,1H3;3H,5H2,1-2H3. The number of aryl methyl sites for hydroxylation is 1. The summed E-state index contributed by atoms with van der Waals surface area (Å²) in [5.41, 5.74) is 8.51. The Kier molecular flexibility index (Phi) is 16.8. The average molecular weight is 507 g/mol. The van der Waals surface area contributed by atoms with E-state index in [0.717, 1.165) is 24.3 Å². The number of rotatable bonds is 9. The van der Waals surface area contributed by atoms with Crippen LogP contribution in [0.25, 0.3) is 0 Å². The fourth-order valence-electron chi connectivity index (χ4n) is 3.56. The molecule has 202 valence electrons. The predicted molar refractivity (Wildman–Crippen MR) is 156 cm³/mol. The second-order valence-electron chi connectivity index (χ2n) is 9.44. The maximum Gasteiger partial charge on any atom is 0.207 e. The molecule has 1 aliphatic heterocycles. The number of hydrogen-bond acceptors (Lipinski definition) is 5. The second-order valence-corrected chi connectivity index (χ2v) is 9.44. The number of allylic oxidation sites excluding steroid dienone is 1. The first kappa shape index (κ1) is 31.6. The number of amidine groups is 2. The number of piperidine rings is 1. The molecule has 6 N–H and O–H groups in total. The normalized spacial score (nSPS) is 12.5. The van der Waals surface area contributed by atoms with Gasteiger partial charge in [0.05, 0.1) is 6.54 Å². The Balaban J connectivity index is 0.000000467. The molecule has 1 fully saturated rings. The third-order valence-corrected chi connectivity index (χ3v) is 5.93. The van der Waals surface area contributed by atoms with Gasteiger partial charge in [0, 0.05) is 13.0 Å². The molecule has 0 saturated carbocycles. The number of hydrogen-bond donors (Lipinski definition) is 5. The largest absolute Gasteiger partial charge is 0.405 e. The number of amides is 1. The van der Waals surface area contributed by atoms with Gasteiger partial charge < -0.3 is 21.3 Å². The van der Waals surface area contributed by atoms with E-state index >= 15 is 0 Å². The zero-order valence-corrected chi connectivity index (χ0v) is 22.8. The van der Waals surface area contributed by atoms with Gasteiger partial charge in [-0.15, -0.1) is 0 Å². The van der Waals surface area contributed by atoms with Gasteiger partial charge >= 0.3 is 0 Å². The van der Waals surface area contributed by atoms with Crippen LogP contribution < -0.4 is 16.4 Å². The van der Waals surface area contributed by atoms with E-state index in [9.17, 15) is 4.79 Å². The van der Waals surface area contributed by atoms with Crippen molar-refractivity contribution in [2.75, 3.05) is 26.2 Å². The fraction of sp³-hybridized carbons (Fsp3) is 0.433. The van der Waals surface area contributed by atoms with Crippen LogP contribution in [0.15, 0.2) is 72.4 Å². The lowest BCUT2D eigenvalue weighted by atomic mass is 10.0. The molecule has 0 aromatic heterocycles. The van der Waals surface area contributed by atoms with Crippen LogP contribution in [0.1, 0.15) is 51.2 Å². The van der Waals surface area contributed by atoms with E-state index in [2.05, 4.69) is 17.6 Å². The van der Waals surface area contributed by atoms with E-state index in [1.165, 1.54) is 37.1 Å². The SMILES string of the molecule is CC(C)=CN.CC1CCNCC1.N=C(CCc1ccccc1)N(CCc1ccccc1)C(=N)CNC=O. The van der Waals surface area contributed by atoms with Gasteiger partial charge in [0.25, 0.3) is 0 Å². The molecule has 0 spiro atoms. The van der Waals surface area contributed by atoms with Crippen LogP contribution in [0, 0.1) is 16.7 Å². The average Bonchev–Trinajstić information content (AvgIpc) is 2.93. The highest BCUT2D eigenvalue weighted by Crippen LogP contribution is 2.09.